The zero-order valence-corrected chi connectivity index (χ0v) is 16.6. The molecule has 0 amide bonds. The van der Waals surface area contributed by atoms with E-state index in [1.165, 1.54) is 37.9 Å². The van der Waals surface area contributed by atoms with Gasteiger partial charge in [0.1, 0.15) is 5.78 Å². The van der Waals surface area contributed by atoms with Gasteiger partial charge in [-0.25, -0.2) is 0 Å². The van der Waals surface area contributed by atoms with E-state index in [2.05, 4.69) is 18.7 Å². The Kier molecular flexibility index (Phi) is 3.65. The van der Waals surface area contributed by atoms with Crippen LogP contribution in [0.4, 0.5) is 0 Å². The highest BCUT2D eigenvalue weighted by atomic mass is 16.1. The van der Waals surface area contributed by atoms with Crippen molar-refractivity contribution in [3.63, 3.8) is 0 Å². The Hall–Kier alpha value is -0.960. The van der Waals surface area contributed by atoms with Gasteiger partial charge >= 0.3 is 0 Å². The normalized spacial score (nSPS) is 50.5. The average molecular weight is 356 g/mol. The molecule has 0 unspecified atom stereocenters. The molecule has 0 aromatic carbocycles. The third-order valence-electron chi connectivity index (χ3n) is 9.43. The quantitative estimate of drug-likeness (QED) is 0.702. The lowest BCUT2D eigenvalue weighted by atomic mass is 9.45. The topological polar surface area (TPSA) is 37.1 Å². The van der Waals surface area contributed by atoms with Crippen molar-refractivity contribution in [1.29, 1.82) is 0 Å². The molecule has 0 N–H and O–H groups in total. The second kappa shape index (κ2) is 5.53. The number of nitrogens with zero attached hydrogens (tertiary/aromatic N) is 1. The molecule has 26 heavy (non-hydrogen) atoms. The first-order chi connectivity index (χ1) is 12.3. The van der Waals surface area contributed by atoms with E-state index in [1.807, 2.05) is 13.0 Å². The standard InChI is InChI=1S/C23H33NO2/c1-14(25)17-4-5-18-21-19(7-9-23(17,18)3)22(2)8-6-16(26)12-15(22)13-20(21)24-10-11-24/h12,17-21H,4-11,13H2,1-3H3/t17-,18+,19+,20-,21+,22+,23-/m1/s1. The number of hydrogen-bond acceptors (Lipinski definition) is 3. The highest BCUT2D eigenvalue weighted by molar-refractivity contribution is 5.91. The minimum Gasteiger partial charge on any atom is -0.300 e. The van der Waals surface area contributed by atoms with E-state index in [9.17, 15) is 9.59 Å². The van der Waals surface area contributed by atoms with Crippen LogP contribution in [-0.4, -0.2) is 35.6 Å². The molecule has 0 aromatic heterocycles. The highest BCUT2D eigenvalue weighted by Crippen LogP contribution is 2.67. The summed E-state index contributed by atoms with van der Waals surface area (Å²) in [7, 11) is 0. The van der Waals surface area contributed by atoms with Crippen LogP contribution in [0.25, 0.3) is 0 Å². The average Bonchev–Trinajstić information content (AvgIpc) is 3.36. The molecule has 4 aliphatic carbocycles. The summed E-state index contributed by atoms with van der Waals surface area (Å²) >= 11 is 0. The van der Waals surface area contributed by atoms with Crippen molar-refractivity contribution in [2.45, 2.75) is 71.8 Å². The lowest BCUT2D eigenvalue weighted by molar-refractivity contribution is -0.130. The van der Waals surface area contributed by atoms with Gasteiger partial charge < -0.3 is 0 Å². The molecule has 7 atom stereocenters. The van der Waals surface area contributed by atoms with Crippen molar-refractivity contribution < 1.29 is 9.59 Å². The first kappa shape index (κ1) is 17.2. The molecule has 4 fully saturated rings. The van der Waals surface area contributed by atoms with Crippen molar-refractivity contribution in [2.24, 2.45) is 34.5 Å². The molecule has 0 spiro atoms. The number of fused-ring (bicyclic) bond motifs is 5. The number of hydrogen-bond donors (Lipinski definition) is 0. The minimum atomic E-state index is 0.212. The summed E-state index contributed by atoms with van der Waals surface area (Å²) in [6.45, 7) is 9.17. The summed E-state index contributed by atoms with van der Waals surface area (Å²) in [5.41, 5.74) is 1.89. The number of Topliss-reactive ketones (excluding diaryl/α,β-unsaturated/α-hetero) is 1. The van der Waals surface area contributed by atoms with Crippen molar-refractivity contribution in [1.82, 2.24) is 4.90 Å². The van der Waals surface area contributed by atoms with Gasteiger partial charge in [0.15, 0.2) is 5.78 Å². The molecule has 3 heteroatoms. The van der Waals surface area contributed by atoms with Crippen LogP contribution < -0.4 is 0 Å². The zero-order valence-electron chi connectivity index (χ0n) is 16.6. The number of ketones is 2. The lowest BCUT2D eigenvalue weighted by Crippen LogP contribution is -2.57. The van der Waals surface area contributed by atoms with Gasteiger partial charge in [0, 0.05) is 31.5 Å². The minimum absolute atomic E-state index is 0.212. The second-order valence-electron chi connectivity index (χ2n) is 10.4. The second-order valence-corrected chi connectivity index (χ2v) is 10.4. The van der Waals surface area contributed by atoms with Gasteiger partial charge in [0.25, 0.3) is 0 Å². The Labute approximate surface area is 157 Å². The first-order valence-electron chi connectivity index (χ1n) is 10.8. The third-order valence-corrected chi connectivity index (χ3v) is 9.43. The predicted molar refractivity (Wildman–Crippen MR) is 102 cm³/mol. The Morgan fingerprint density at radius 3 is 2.58 bits per heavy atom. The molecule has 3 nitrogen and oxygen atoms in total. The van der Waals surface area contributed by atoms with Crippen LogP contribution in [0.5, 0.6) is 0 Å². The van der Waals surface area contributed by atoms with Crippen molar-refractivity contribution in [3.8, 4) is 0 Å². The lowest BCUT2D eigenvalue weighted by Gasteiger charge is -2.60. The van der Waals surface area contributed by atoms with E-state index in [0.29, 0.717) is 29.4 Å². The Balaban J connectivity index is 1.56. The summed E-state index contributed by atoms with van der Waals surface area (Å²) in [5, 5.41) is 0. The summed E-state index contributed by atoms with van der Waals surface area (Å²) in [6, 6.07) is 0.612. The summed E-state index contributed by atoms with van der Waals surface area (Å²) in [5.74, 6) is 3.15. The molecule has 5 aliphatic rings. The van der Waals surface area contributed by atoms with E-state index in [-0.39, 0.29) is 16.7 Å². The van der Waals surface area contributed by atoms with E-state index < -0.39 is 0 Å². The van der Waals surface area contributed by atoms with Gasteiger partial charge in [-0.2, -0.15) is 0 Å². The first-order valence-corrected chi connectivity index (χ1v) is 10.8. The highest BCUT2D eigenvalue weighted by Gasteiger charge is 2.63. The summed E-state index contributed by atoms with van der Waals surface area (Å²) in [6.07, 6.45) is 9.68. The Morgan fingerprint density at radius 2 is 1.88 bits per heavy atom. The Bertz CT molecular complexity index is 692. The molecule has 1 aliphatic heterocycles. The van der Waals surface area contributed by atoms with Crippen LogP contribution >= 0.6 is 0 Å². The summed E-state index contributed by atoms with van der Waals surface area (Å²) < 4.78 is 0. The molecular weight excluding hydrogens is 322 g/mol. The van der Waals surface area contributed by atoms with Gasteiger partial charge in [-0.15, -0.1) is 0 Å². The van der Waals surface area contributed by atoms with Gasteiger partial charge in [-0.3, -0.25) is 14.5 Å². The molecule has 1 heterocycles. The Morgan fingerprint density at radius 1 is 1.12 bits per heavy atom. The van der Waals surface area contributed by atoms with E-state index in [1.54, 1.807) is 0 Å². The van der Waals surface area contributed by atoms with E-state index >= 15 is 0 Å². The number of rotatable bonds is 2. The molecule has 1 saturated heterocycles. The maximum absolute atomic E-state index is 12.4. The smallest absolute Gasteiger partial charge is 0.155 e. The monoisotopic (exact) mass is 355 g/mol. The van der Waals surface area contributed by atoms with E-state index in [4.69, 9.17) is 0 Å². The van der Waals surface area contributed by atoms with Gasteiger partial charge in [-0.1, -0.05) is 19.4 Å². The van der Waals surface area contributed by atoms with Crippen LogP contribution in [-0.2, 0) is 9.59 Å². The molecular formula is C23H33NO2. The fourth-order valence-corrected chi connectivity index (χ4v) is 7.96. The largest absolute Gasteiger partial charge is 0.300 e. The molecule has 0 aromatic rings. The fourth-order valence-electron chi connectivity index (χ4n) is 7.96. The third kappa shape index (κ3) is 2.22. The molecule has 5 rings (SSSR count). The van der Waals surface area contributed by atoms with Crippen molar-refractivity contribution in [2.75, 3.05) is 13.1 Å². The maximum atomic E-state index is 12.4. The molecule has 0 radical (unpaired) electrons. The van der Waals surface area contributed by atoms with Gasteiger partial charge in [-0.05, 0) is 80.1 Å². The van der Waals surface area contributed by atoms with Crippen LogP contribution in [0.15, 0.2) is 11.6 Å². The van der Waals surface area contributed by atoms with Crippen LogP contribution in [0.1, 0.15) is 65.7 Å². The summed E-state index contributed by atoms with van der Waals surface area (Å²) in [4.78, 5) is 27.2. The molecule has 142 valence electrons. The predicted octanol–water partition coefficient (Wildman–Crippen LogP) is 4.02. The maximum Gasteiger partial charge on any atom is 0.155 e. The van der Waals surface area contributed by atoms with Crippen molar-refractivity contribution in [3.05, 3.63) is 11.6 Å². The zero-order chi connectivity index (χ0) is 18.3. The van der Waals surface area contributed by atoms with Gasteiger partial charge in [0.2, 0.25) is 0 Å². The SMILES string of the molecule is CC(=O)[C@H]1CC[C@H]2[C@@H]3[C@H](N4CC4)CC4=CC(=O)CC[C@]4(C)[C@H]3CC[C@]12C. The van der Waals surface area contributed by atoms with Crippen LogP contribution in [0.3, 0.4) is 0 Å². The van der Waals surface area contributed by atoms with Gasteiger partial charge in [0.05, 0.1) is 0 Å². The van der Waals surface area contributed by atoms with Crippen LogP contribution in [0.2, 0.25) is 0 Å². The van der Waals surface area contributed by atoms with Crippen LogP contribution in [0, 0.1) is 34.5 Å². The molecule has 0 bridgehead atoms. The van der Waals surface area contributed by atoms with Crippen molar-refractivity contribution >= 4 is 11.6 Å². The number of carbonyl (C=O) groups is 2. The fraction of sp³-hybridized carbons (Fsp3) is 0.826. The molecule has 3 saturated carbocycles. The van der Waals surface area contributed by atoms with E-state index in [0.717, 1.165) is 31.6 Å². The number of carbonyl (C=O) groups excluding carboxylic acids is 2.